The predicted octanol–water partition coefficient (Wildman–Crippen LogP) is 18.3. The number of fused-ring (bicyclic) bond motifs is 3. The fourth-order valence-electron chi connectivity index (χ4n) is 9.59. The third-order valence-corrected chi connectivity index (χ3v) is 12.9. The van der Waals surface area contributed by atoms with Gasteiger partial charge in [0.1, 0.15) is 0 Å². The normalized spacial score (nSPS) is 11.7. The van der Waals surface area contributed by atoms with E-state index in [1.54, 1.807) is 0 Å². The van der Waals surface area contributed by atoms with Crippen molar-refractivity contribution in [3.05, 3.63) is 289 Å². The summed E-state index contributed by atoms with van der Waals surface area (Å²) in [6.07, 6.45) is 8.47. The zero-order valence-corrected chi connectivity index (χ0v) is 39.6. The smallest absolute Gasteiger partial charge is 0.0697 e. The molecule has 0 aliphatic rings. The van der Waals surface area contributed by atoms with E-state index in [1.807, 2.05) is 43.3 Å². The second-order valence-corrected chi connectivity index (χ2v) is 17.5. The van der Waals surface area contributed by atoms with Crippen LogP contribution in [0.15, 0.2) is 267 Å². The molecule has 0 aliphatic carbocycles. The molecule has 0 spiro atoms. The highest BCUT2D eigenvalue weighted by Crippen LogP contribution is 2.44. The first kappa shape index (κ1) is 44.8. The maximum absolute atomic E-state index is 7.26. The summed E-state index contributed by atoms with van der Waals surface area (Å²) in [4.78, 5) is 0. The molecule has 2 nitrogen and oxygen atoms in total. The fourth-order valence-corrected chi connectivity index (χ4v) is 9.59. The molecule has 11 rings (SSSR count). The first-order chi connectivity index (χ1) is 34.6. The van der Waals surface area contributed by atoms with E-state index in [2.05, 4.69) is 249 Å². The molecule has 0 saturated carbocycles. The molecule has 0 aliphatic heterocycles. The van der Waals surface area contributed by atoms with Gasteiger partial charge in [0.25, 0.3) is 0 Å². The minimum Gasteiger partial charge on any atom is -0.397 e. The minimum absolute atomic E-state index is 0.666. The lowest BCUT2D eigenvalue weighted by Crippen LogP contribution is -2.08. The molecule has 3 N–H and O–H groups in total. The summed E-state index contributed by atoms with van der Waals surface area (Å²) in [6, 6.07) is 88.1. The van der Waals surface area contributed by atoms with Gasteiger partial charge in [-0.25, -0.2) is 0 Å². The summed E-state index contributed by atoms with van der Waals surface area (Å²) in [5.74, 6) is 0. The standard InChI is InChI=1S/C61H46N2.C7H8/c1-2-3-7-24-48-41-56(42-20-8-4-9-21-42)50-27-14-15-28-51(50)57(48)44-33-37-46(38-34-44)60(62)61(63-49-25-12-6-13-26-49)47-39-35-45(36-40-47)59-54-31-18-16-29-52(54)58(43-22-10-5-11-23-43)53-30-17-19-32-55(53)59;1-7-5-3-2-4-6-7/h2-41,63H,62H2,1H3;2-6H,1H3/b3-2-,24-7-,61-60-;. The Morgan fingerprint density at radius 3 is 1.27 bits per heavy atom. The van der Waals surface area contributed by atoms with Crippen molar-refractivity contribution < 1.29 is 0 Å². The Morgan fingerprint density at radius 2 is 0.786 bits per heavy atom. The van der Waals surface area contributed by atoms with Crippen LogP contribution in [0, 0.1) is 6.92 Å². The number of nitrogens with two attached hydrogens (primary N) is 1. The third-order valence-electron chi connectivity index (χ3n) is 12.9. The summed E-state index contributed by atoms with van der Waals surface area (Å²) < 4.78 is 0. The maximum Gasteiger partial charge on any atom is 0.0697 e. The average Bonchev–Trinajstić information content (AvgIpc) is 3.42. The topological polar surface area (TPSA) is 38.0 Å². The van der Waals surface area contributed by atoms with Gasteiger partial charge in [0.15, 0.2) is 0 Å². The zero-order valence-electron chi connectivity index (χ0n) is 39.6. The van der Waals surface area contributed by atoms with Crippen LogP contribution in [0.1, 0.15) is 29.2 Å². The number of anilines is 1. The lowest BCUT2D eigenvalue weighted by Gasteiger charge is -2.19. The second-order valence-electron chi connectivity index (χ2n) is 17.5. The van der Waals surface area contributed by atoms with Crippen molar-refractivity contribution in [1.82, 2.24) is 0 Å². The highest BCUT2D eigenvalue weighted by atomic mass is 14.9. The number of allylic oxidation sites excluding steroid dienone is 3. The molecule has 0 atom stereocenters. The monoisotopic (exact) mass is 898 g/mol. The van der Waals surface area contributed by atoms with E-state index >= 15 is 0 Å². The van der Waals surface area contributed by atoms with Gasteiger partial charge in [-0.15, -0.1) is 0 Å². The Labute approximate surface area is 412 Å². The molecule has 0 saturated heterocycles. The lowest BCUT2D eigenvalue weighted by molar-refractivity contribution is 1.46. The van der Waals surface area contributed by atoms with Crippen molar-refractivity contribution >= 4 is 55.5 Å². The van der Waals surface area contributed by atoms with Crippen molar-refractivity contribution in [2.45, 2.75) is 13.8 Å². The molecule has 0 amide bonds. The summed E-state index contributed by atoms with van der Waals surface area (Å²) >= 11 is 0. The van der Waals surface area contributed by atoms with Crippen molar-refractivity contribution in [3.63, 3.8) is 0 Å². The van der Waals surface area contributed by atoms with Crippen molar-refractivity contribution in [2.24, 2.45) is 5.73 Å². The summed E-state index contributed by atoms with van der Waals surface area (Å²) in [5.41, 5.74) is 23.7. The Bertz CT molecular complexity index is 3590. The molecular weight excluding hydrogens is 845 g/mol. The van der Waals surface area contributed by atoms with Crippen molar-refractivity contribution in [3.8, 4) is 44.5 Å². The van der Waals surface area contributed by atoms with Crippen molar-refractivity contribution in [2.75, 3.05) is 5.32 Å². The number of hydrogen-bond acceptors (Lipinski definition) is 2. The summed E-state index contributed by atoms with van der Waals surface area (Å²) in [5, 5.41) is 11.1. The first-order valence-corrected chi connectivity index (χ1v) is 24.0. The van der Waals surface area contributed by atoms with Crippen LogP contribution < -0.4 is 11.1 Å². The van der Waals surface area contributed by atoms with Crippen LogP contribution in [0.5, 0.6) is 0 Å². The van der Waals surface area contributed by atoms with E-state index in [0.717, 1.165) is 39.2 Å². The van der Waals surface area contributed by atoms with Gasteiger partial charge in [-0.05, 0) is 120 Å². The largest absolute Gasteiger partial charge is 0.397 e. The van der Waals surface area contributed by atoms with E-state index in [0.29, 0.717) is 5.70 Å². The van der Waals surface area contributed by atoms with E-state index in [-0.39, 0.29) is 0 Å². The SMILES string of the molecule is C/C=C\C=C/c1cc(-c2ccccc2)c2ccccc2c1-c1ccc(/C(N)=C(/Nc2ccccc2)c2ccc(-c3c4ccccc4c(-c4ccccc4)c4ccccc34)cc2)cc1.Cc1ccccc1. The van der Waals surface area contributed by atoms with Gasteiger partial charge >= 0.3 is 0 Å². The van der Waals surface area contributed by atoms with Crippen molar-refractivity contribution in [1.29, 1.82) is 0 Å². The molecule has 11 aromatic carbocycles. The van der Waals surface area contributed by atoms with E-state index in [1.165, 1.54) is 71.3 Å². The highest BCUT2D eigenvalue weighted by molar-refractivity contribution is 6.21. The molecule has 336 valence electrons. The van der Waals surface area contributed by atoms with Gasteiger partial charge in [-0.2, -0.15) is 0 Å². The molecule has 0 heterocycles. The molecule has 11 aromatic rings. The molecule has 0 aromatic heterocycles. The van der Waals surface area contributed by atoms with Gasteiger partial charge in [0.2, 0.25) is 0 Å². The van der Waals surface area contributed by atoms with E-state index < -0.39 is 0 Å². The summed E-state index contributed by atoms with van der Waals surface area (Å²) in [6.45, 7) is 4.13. The Hall–Kier alpha value is -8.98. The van der Waals surface area contributed by atoms with Gasteiger partial charge in [0, 0.05) is 11.3 Å². The molecule has 0 fully saturated rings. The molecule has 70 heavy (non-hydrogen) atoms. The average molecular weight is 899 g/mol. The van der Waals surface area contributed by atoms with Crippen LogP contribution in [0.2, 0.25) is 0 Å². The van der Waals surface area contributed by atoms with Crippen LogP contribution in [0.3, 0.4) is 0 Å². The van der Waals surface area contributed by atoms with Crippen LogP contribution in [0.25, 0.3) is 94.3 Å². The number of para-hydroxylation sites is 1. The van der Waals surface area contributed by atoms with E-state index in [4.69, 9.17) is 5.73 Å². The van der Waals surface area contributed by atoms with Gasteiger partial charge in [-0.3, -0.25) is 0 Å². The van der Waals surface area contributed by atoms with Gasteiger partial charge in [0.05, 0.1) is 11.4 Å². The maximum atomic E-state index is 7.26. The summed E-state index contributed by atoms with van der Waals surface area (Å²) in [7, 11) is 0. The third kappa shape index (κ3) is 9.45. The van der Waals surface area contributed by atoms with E-state index in [9.17, 15) is 0 Å². The quantitative estimate of drug-likeness (QED) is 0.0815. The zero-order chi connectivity index (χ0) is 47.7. The number of benzene rings is 11. The number of nitrogens with one attached hydrogen (secondary N) is 1. The predicted molar refractivity (Wildman–Crippen MR) is 303 cm³/mol. The molecule has 2 heteroatoms. The Morgan fingerprint density at radius 1 is 0.386 bits per heavy atom. The fraction of sp³-hybridized carbons (Fsp3) is 0.0294. The van der Waals surface area contributed by atoms with Crippen LogP contribution in [0.4, 0.5) is 5.69 Å². The molecule has 0 bridgehead atoms. The molecule has 0 unspecified atom stereocenters. The Balaban J connectivity index is 0.000000747. The lowest BCUT2D eigenvalue weighted by atomic mass is 9.86. The number of rotatable bonds is 10. The second kappa shape index (κ2) is 20.9. The van der Waals surface area contributed by atoms with Crippen LogP contribution >= 0.6 is 0 Å². The first-order valence-electron chi connectivity index (χ1n) is 24.0. The van der Waals surface area contributed by atoms with Gasteiger partial charge in [-0.1, -0.05) is 260 Å². The minimum atomic E-state index is 0.666. The highest BCUT2D eigenvalue weighted by Gasteiger charge is 2.19. The van der Waals surface area contributed by atoms with Gasteiger partial charge < -0.3 is 11.1 Å². The van der Waals surface area contributed by atoms with Crippen LogP contribution in [-0.4, -0.2) is 0 Å². The number of hydrogen-bond donors (Lipinski definition) is 2. The molecular formula is C68H54N2. The number of aryl methyl sites for hydroxylation is 1. The molecule has 0 radical (unpaired) electrons. The van der Waals surface area contributed by atoms with Crippen LogP contribution in [-0.2, 0) is 0 Å². The Kier molecular flexibility index (Phi) is 13.4.